The summed E-state index contributed by atoms with van der Waals surface area (Å²) >= 11 is 5.58. The molecule has 20 heavy (non-hydrogen) atoms. The summed E-state index contributed by atoms with van der Waals surface area (Å²) in [7, 11) is -3.42. The maximum atomic E-state index is 13.8. The quantitative estimate of drug-likeness (QED) is 0.813. The largest absolute Gasteiger partial charge is 0.445 e. The number of oxazole rings is 1. The Morgan fingerprint density at radius 3 is 2.70 bits per heavy atom. The summed E-state index contributed by atoms with van der Waals surface area (Å²) in [5.41, 5.74) is 0.822. The van der Waals surface area contributed by atoms with Crippen molar-refractivity contribution in [1.29, 1.82) is 0 Å². The van der Waals surface area contributed by atoms with Gasteiger partial charge in [-0.3, -0.25) is 0 Å². The SMILES string of the molecule is CS(=O)(=O)c1ccc(/C=C/c2nc(CCl)co2)c(F)c1. The first-order valence-corrected chi connectivity index (χ1v) is 8.01. The van der Waals surface area contributed by atoms with Crippen LogP contribution in [0, 0.1) is 5.82 Å². The average Bonchev–Trinajstić information content (AvgIpc) is 2.84. The van der Waals surface area contributed by atoms with Gasteiger partial charge in [0.15, 0.2) is 9.84 Å². The topological polar surface area (TPSA) is 60.2 Å². The van der Waals surface area contributed by atoms with Gasteiger partial charge < -0.3 is 4.42 Å². The van der Waals surface area contributed by atoms with E-state index in [2.05, 4.69) is 4.98 Å². The molecule has 0 bridgehead atoms. The summed E-state index contributed by atoms with van der Waals surface area (Å²) in [6, 6.07) is 3.71. The van der Waals surface area contributed by atoms with E-state index >= 15 is 0 Å². The van der Waals surface area contributed by atoms with Crippen molar-refractivity contribution in [3.63, 3.8) is 0 Å². The van der Waals surface area contributed by atoms with Crippen molar-refractivity contribution in [2.75, 3.05) is 6.26 Å². The molecule has 0 amide bonds. The van der Waals surface area contributed by atoms with Crippen LogP contribution in [0.2, 0.25) is 0 Å². The highest BCUT2D eigenvalue weighted by atomic mass is 35.5. The lowest BCUT2D eigenvalue weighted by atomic mass is 10.2. The predicted molar refractivity (Wildman–Crippen MR) is 74.5 cm³/mol. The number of rotatable bonds is 4. The third kappa shape index (κ3) is 3.46. The number of alkyl halides is 1. The molecule has 0 spiro atoms. The van der Waals surface area contributed by atoms with Crippen LogP contribution in [0.25, 0.3) is 12.2 Å². The van der Waals surface area contributed by atoms with Crippen molar-refractivity contribution in [1.82, 2.24) is 4.98 Å². The molecule has 1 aromatic heterocycles. The summed E-state index contributed by atoms with van der Waals surface area (Å²) in [6.07, 6.45) is 5.37. The Morgan fingerprint density at radius 2 is 2.15 bits per heavy atom. The lowest BCUT2D eigenvalue weighted by Crippen LogP contribution is -1.98. The monoisotopic (exact) mass is 315 g/mol. The van der Waals surface area contributed by atoms with Crippen molar-refractivity contribution in [3.8, 4) is 0 Å². The van der Waals surface area contributed by atoms with E-state index in [1.165, 1.54) is 30.5 Å². The molecular weight excluding hydrogens is 305 g/mol. The molecule has 0 N–H and O–H groups in total. The van der Waals surface area contributed by atoms with Crippen LogP contribution in [0.15, 0.2) is 33.8 Å². The highest BCUT2D eigenvalue weighted by molar-refractivity contribution is 7.90. The van der Waals surface area contributed by atoms with Gasteiger partial charge in [-0.2, -0.15) is 0 Å². The molecule has 7 heteroatoms. The van der Waals surface area contributed by atoms with Gasteiger partial charge in [0, 0.05) is 17.9 Å². The smallest absolute Gasteiger partial charge is 0.218 e. The van der Waals surface area contributed by atoms with Crippen molar-refractivity contribution in [2.45, 2.75) is 10.8 Å². The fraction of sp³-hybridized carbons (Fsp3) is 0.154. The van der Waals surface area contributed by atoms with Crippen molar-refractivity contribution in [2.24, 2.45) is 0 Å². The van der Waals surface area contributed by atoms with Gasteiger partial charge in [0.1, 0.15) is 12.1 Å². The summed E-state index contributed by atoms with van der Waals surface area (Å²) in [5, 5.41) is 0. The Labute approximate surface area is 120 Å². The first-order valence-electron chi connectivity index (χ1n) is 5.58. The number of hydrogen-bond acceptors (Lipinski definition) is 4. The zero-order chi connectivity index (χ0) is 14.8. The van der Waals surface area contributed by atoms with E-state index in [0.717, 1.165) is 12.3 Å². The maximum Gasteiger partial charge on any atom is 0.218 e. The van der Waals surface area contributed by atoms with Crippen LogP contribution in [0.1, 0.15) is 17.1 Å². The minimum Gasteiger partial charge on any atom is -0.445 e. The molecule has 0 aliphatic rings. The second kappa shape index (κ2) is 5.76. The van der Waals surface area contributed by atoms with Crippen LogP contribution in [0.5, 0.6) is 0 Å². The molecule has 1 aromatic carbocycles. The standard InChI is InChI=1S/C13H11ClFNO3S/c1-20(17,18)11-4-2-9(12(15)6-11)3-5-13-16-10(7-14)8-19-13/h2-6,8H,7H2,1H3/b5-3+. The molecule has 4 nitrogen and oxygen atoms in total. The highest BCUT2D eigenvalue weighted by Crippen LogP contribution is 2.17. The molecule has 1 heterocycles. The van der Waals surface area contributed by atoms with Gasteiger partial charge in [-0.1, -0.05) is 6.07 Å². The second-order valence-corrected chi connectivity index (χ2v) is 6.38. The molecule has 0 aliphatic carbocycles. The summed E-state index contributed by atoms with van der Waals surface area (Å²) < 4.78 is 41.4. The van der Waals surface area contributed by atoms with Crippen LogP contribution in [-0.2, 0) is 15.7 Å². The van der Waals surface area contributed by atoms with E-state index in [4.69, 9.17) is 16.0 Å². The molecule has 0 fully saturated rings. The molecule has 0 saturated carbocycles. The molecule has 0 saturated heterocycles. The summed E-state index contributed by atoms with van der Waals surface area (Å²) in [5.74, 6) is -0.102. The van der Waals surface area contributed by atoms with Gasteiger partial charge in [-0.05, 0) is 18.2 Å². The minimum atomic E-state index is -3.42. The van der Waals surface area contributed by atoms with Crippen LogP contribution in [-0.4, -0.2) is 19.7 Å². The lowest BCUT2D eigenvalue weighted by Gasteiger charge is -2.00. The minimum absolute atomic E-state index is 0.0623. The molecule has 2 aromatic rings. The van der Waals surface area contributed by atoms with Crippen molar-refractivity contribution < 1.29 is 17.2 Å². The van der Waals surface area contributed by atoms with E-state index in [1.807, 2.05) is 0 Å². The predicted octanol–water partition coefficient (Wildman–Crippen LogP) is 3.13. The zero-order valence-corrected chi connectivity index (χ0v) is 12.1. The second-order valence-electron chi connectivity index (χ2n) is 4.10. The van der Waals surface area contributed by atoms with Crippen molar-refractivity contribution in [3.05, 3.63) is 47.4 Å². The number of sulfone groups is 1. The van der Waals surface area contributed by atoms with E-state index in [9.17, 15) is 12.8 Å². The number of hydrogen-bond donors (Lipinski definition) is 0. The van der Waals surface area contributed by atoms with E-state index in [-0.39, 0.29) is 16.3 Å². The molecule has 0 unspecified atom stereocenters. The molecule has 0 atom stereocenters. The normalized spacial score (nSPS) is 12.2. The Bertz CT molecular complexity index is 753. The van der Waals surface area contributed by atoms with Crippen LogP contribution in [0.3, 0.4) is 0 Å². The third-order valence-electron chi connectivity index (χ3n) is 2.51. The summed E-state index contributed by atoms with van der Waals surface area (Å²) in [4.78, 5) is 3.96. The zero-order valence-electron chi connectivity index (χ0n) is 10.5. The fourth-order valence-electron chi connectivity index (χ4n) is 1.50. The van der Waals surface area contributed by atoms with Gasteiger partial charge >= 0.3 is 0 Å². The third-order valence-corrected chi connectivity index (χ3v) is 3.90. The van der Waals surface area contributed by atoms with Gasteiger partial charge in [0.2, 0.25) is 5.89 Å². The first kappa shape index (κ1) is 14.7. The maximum absolute atomic E-state index is 13.8. The van der Waals surface area contributed by atoms with Gasteiger partial charge in [-0.15, -0.1) is 11.6 Å². The molecular formula is C13H11ClFNO3S. The van der Waals surface area contributed by atoms with Crippen LogP contribution in [0.4, 0.5) is 4.39 Å². The number of aromatic nitrogens is 1. The Hall–Kier alpha value is -1.66. The Kier molecular flexibility index (Phi) is 4.25. The lowest BCUT2D eigenvalue weighted by molar-refractivity contribution is 0.546. The Balaban J connectivity index is 2.26. The van der Waals surface area contributed by atoms with Crippen LogP contribution >= 0.6 is 11.6 Å². The van der Waals surface area contributed by atoms with E-state index in [1.54, 1.807) is 0 Å². The number of halogens is 2. The number of benzene rings is 1. The van der Waals surface area contributed by atoms with Crippen LogP contribution < -0.4 is 0 Å². The van der Waals surface area contributed by atoms with Gasteiger partial charge in [-0.25, -0.2) is 17.8 Å². The molecule has 2 rings (SSSR count). The van der Waals surface area contributed by atoms with Gasteiger partial charge in [0.05, 0.1) is 16.5 Å². The van der Waals surface area contributed by atoms with Gasteiger partial charge in [0.25, 0.3) is 0 Å². The molecule has 0 radical (unpaired) electrons. The fourth-order valence-corrected chi connectivity index (χ4v) is 2.25. The highest BCUT2D eigenvalue weighted by Gasteiger charge is 2.10. The first-order chi connectivity index (χ1) is 9.40. The van der Waals surface area contributed by atoms with E-state index in [0.29, 0.717) is 11.6 Å². The number of nitrogens with zero attached hydrogens (tertiary/aromatic N) is 1. The van der Waals surface area contributed by atoms with Crippen molar-refractivity contribution >= 4 is 33.6 Å². The summed E-state index contributed by atoms with van der Waals surface area (Å²) in [6.45, 7) is 0. The molecule has 106 valence electrons. The van der Waals surface area contributed by atoms with E-state index < -0.39 is 15.7 Å². The Morgan fingerprint density at radius 1 is 1.40 bits per heavy atom. The molecule has 0 aliphatic heterocycles. The average molecular weight is 316 g/mol.